The molecule has 0 atom stereocenters. The molecule has 4 heteroatoms. The minimum absolute atomic E-state index is 0.273. The third-order valence-electron chi connectivity index (χ3n) is 4.10. The maximum atomic E-state index is 8.96. The first kappa shape index (κ1) is 14.8. The lowest BCUT2D eigenvalue weighted by Gasteiger charge is -2.23. The summed E-state index contributed by atoms with van der Waals surface area (Å²) < 4.78 is 0. The number of unbranched alkanes of at least 4 members (excludes halogenated alkanes) is 1. The number of aromatic nitrogens is 1. The predicted molar refractivity (Wildman–Crippen MR) is 86.5 cm³/mol. The van der Waals surface area contributed by atoms with Gasteiger partial charge in [-0.05, 0) is 44.4 Å². The zero-order valence-corrected chi connectivity index (χ0v) is 12.9. The second kappa shape index (κ2) is 6.73. The lowest BCUT2D eigenvalue weighted by Crippen LogP contribution is -2.27. The quantitative estimate of drug-likeness (QED) is 0.794. The standard InChI is InChI=1S/C17H21ClN2O/c18-16-8-5-13-4-3-9-19-17(13)15(16)12-20(14-6-7-14)10-1-2-11-21/h3-5,8-9,14,21H,1-2,6-7,10-12H2. The average molecular weight is 305 g/mol. The van der Waals surface area contributed by atoms with Gasteiger partial charge in [0.2, 0.25) is 0 Å². The van der Waals surface area contributed by atoms with Crippen molar-refractivity contribution in [1.82, 2.24) is 9.88 Å². The highest BCUT2D eigenvalue weighted by molar-refractivity contribution is 6.32. The molecule has 21 heavy (non-hydrogen) atoms. The van der Waals surface area contributed by atoms with Gasteiger partial charge in [-0.1, -0.05) is 23.7 Å². The fourth-order valence-electron chi connectivity index (χ4n) is 2.79. The monoisotopic (exact) mass is 304 g/mol. The van der Waals surface area contributed by atoms with Crippen LogP contribution in [0.5, 0.6) is 0 Å². The Hall–Kier alpha value is -1.16. The van der Waals surface area contributed by atoms with Gasteiger partial charge in [-0.25, -0.2) is 0 Å². The number of pyridine rings is 1. The molecule has 0 spiro atoms. The largest absolute Gasteiger partial charge is 0.396 e. The summed E-state index contributed by atoms with van der Waals surface area (Å²) in [5, 5.41) is 10.9. The zero-order valence-electron chi connectivity index (χ0n) is 12.1. The van der Waals surface area contributed by atoms with E-state index < -0.39 is 0 Å². The summed E-state index contributed by atoms with van der Waals surface area (Å²) in [5.41, 5.74) is 2.14. The van der Waals surface area contributed by atoms with Gasteiger partial charge in [0.25, 0.3) is 0 Å². The van der Waals surface area contributed by atoms with Gasteiger partial charge in [0, 0.05) is 41.4 Å². The summed E-state index contributed by atoms with van der Waals surface area (Å²) in [4.78, 5) is 7.01. The highest BCUT2D eigenvalue weighted by Gasteiger charge is 2.29. The van der Waals surface area contributed by atoms with Gasteiger partial charge < -0.3 is 5.11 Å². The summed E-state index contributed by atoms with van der Waals surface area (Å²) in [6.07, 6.45) is 6.27. The van der Waals surface area contributed by atoms with Crippen molar-refractivity contribution >= 4 is 22.5 Å². The van der Waals surface area contributed by atoms with Crippen molar-refractivity contribution < 1.29 is 5.11 Å². The Bertz CT molecular complexity index is 613. The van der Waals surface area contributed by atoms with Crippen molar-refractivity contribution in [2.75, 3.05) is 13.2 Å². The smallest absolute Gasteiger partial charge is 0.0761 e. The molecule has 0 radical (unpaired) electrons. The van der Waals surface area contributed by atoms with E-state index in [1.165, 1.54) is 12.8 Å². The van der Waals surface area contributed by atoms with Gasteiger partial charge in [0.15, 0.2) is 0 Å². The average Bonchev–Trinajstić information content (AvgIpc) is 3.33. The topological polar surface area (TPSA) is 36.4 Å². The highest BCUT2D eigenvalue weighted by atomic mass is 35.5. The SMILES string of the molecule is OCCCCN(Cc1c(Cl)ccc2cccnc12)C1CC1. The molecule has 0 saturated heterocycles. The summed E-state index contributed by atoms with van der Waals surface area (Å²) >= 11 is 6.43. The summed E-state index contributed by atoms with van der Waals surface area (Å²) in [6, 6.07) is 8.72. The van der Waals surface area contributed by atoms with E-state index in [9.17, 15) is 0 Å². The summed E-state index contributed by atoms with van der Waals surface area (Å²) in [7, 11) is 0. The van der Waals surface area contributed by atoms with Gasteiger partial charge in [-0.3, -0.25) is 9.88 Å². The minimum Gasteiger partial charge on any atom is -0.396 e. The van der Waals surface area contributed by atoms with Gasteiger partial charge in [-0.15, -0.1) is 0 Å². The molecule has 1 saturated carbocycles. The molecule has 1 heterocycles. The van der Waals surface area contributed by atoms with Crippen LogP contribution in [0.1, 0.15) is 31.2 Å². The van der Waals surface area contributed by atoms with E-state index in [1.807, 2.05) is 24.4 Å². The molecule has 1 fully saturated rings. The van der Waals surface area contributed by atoms with Crippen LogP contribution in [0.2, 0.25) is 5.02 Å². The van der Waals surface area contributed by atoms with Crippen molar-refractivity contribution in [3.63, 3.8) is 0 Å². The Kier molecular flexibility index (Phi) is 4.73. The fourth-order valence-corrected chi connectivity index (χ4v) is 3.00. The van der Waals surface area contributed by atoms with Gasteiger partial charge in [0.05, 0.1) is 5.52 Å². The van der Waals surface area contributed by atoms with Crippen molar-refractivity contribution in [2.45, 2.75) is 38.3 Å². The third-order valence-corrected chi connectivity index (χ3v) is 4.45. The van der Waals surface area contributed by atoms with Gasteiger partial charge >= 0.3 is 0 Å². The molecule has 0 unspecified atom stereocenters. The fraction of sp³-hybridized carbons (Fsp3) is 0.471. The first-order valence-electron chi connectivity index (χ1n) is 7.66. The lowest BCUT2D eigenvalue weighted by atomic mass is 10.1. The van der Waals surface area contributed by atoms with Crippen molar-refractivity contribution in [3.05, 3.63) is 41.0 Å². The van der Waals surface area contributed by atoms with E-state index in [1.54, 1.807) is 0 Å². The van der Waals surface area contributed by atoms with Crippen LogP contribution in [0.4, 0.5) is 0 Å². The highest BCUT2D eigenvalue weighted by Crippen LogP contribution is 2.32. The van der Waals surface area contributed by atoms with Crippen LogP contribution >= 0.6 is 11.6 Å². The first-order chi connectivity index (χ1) is 10.3. The number of aliphatic hydroxyl groups excluding tert-OH is 1. The van der Waals surface area contributed by atoms with Crippen LogP contribution in [-0.2, 0) is 6.54 Å². The lowest BCUT2D eigenvalue weighted by molar-refractivity contribution is 0.229. The number of benzene rings is 1. The molecule has 112 valence electrons. The number of hydrogen-bond donors (Lipinski definition) is 1. The van der Waals surface area contributed by atoms with E-state index >= 15 is 0 Å². The second-order valence-electron chi connectivity index (χ2n) is 5.73. The van der Waals surface area contributed by atoms with Gasteiger partial charge in [-0.2, -0.15) is 0 Å². The third kappa shape index (κ3) is 3.54. The van der Waals surface area contributed by atoms with Crippen molar-refractivity contribution in [3.8, 4) is 0 Å². The summed E-state index contributed by atoms with van der Waals surface area (Å²) in [5.74, 6) is 0. The van der Waals surface area contributed by atoms with Crippen LogP contribution in [0.25, 0.3) is 10.9 Å². The van der Waals surface area contributed by atoms with Crippen LogP contribution in [0, 0.1) is 0 Å². The maximum absolute atomic E-state index is 8.96. The van der Waals surface area contributed by atoms with Crippen LogP contribution in [0.3, 0.4) is 0 Å². The van der Waals surface area contributed by atoms with E-state index in [0.29, 0.717) is 6.04 Å². The molecule has 0 bridgehead atoms. The van der Waals surface area contributed by atoms with Gasteiger partial charge in [0.1, 0.15) is 0 Å². The molecule has 3 nitrogen and oxygen atoms in total. The molecule has 1 aliphatic rings. The first-order valence-corrected chi connectivity index (χ1v) is 8.04. The molecule has 1 N–H and O–H groups in total. The van der Waals surface area contributed by atoms with Crippen molar-refractivity contribution in [1.29, 1.82) is 0 Å². The molecule has 1 aromatic carbocycles. The Morgan fingerprint density at radius 1 is 1.24 bits per heavy atom. The zero-order chi connectivity index (χ0) is 14.7. The maximum Gasteiger partial charge on any atom is 0.0761 e. The Morgan fingerprint density at radius 2 is 2.10 bits per heavy atom. The number of nitrogens with zero attached hydrogens (tertiary/aromatic N) is 2. The van der Waals surface area contributed by atoms with E-state index in [-0.39, 0.29) is 6.61 Å². The van der Waals surface area contributed by atoms with Crippen LogP contribution in [0.15, 0.2) is 30.5 Å². The van der Waals surface area contributed by atoms with E-state index in [4.69, 9.17) is 16.7 Å². The predicted octanol–water partition coefficient (Wildman–Crippen LogP) is 3.63. The Balaban J connectivity index is 1.83. The summed E-state index contributed by atoms with van der Waals surface area (Å²) in [6.45, 7) is 2.14. The molecule has 0 amide bonds. The second-order valence-corrected chi connectivity index (χ2v) is 6.14. The van der Waals surface area contributed by atoms with Crippen LogP contribution in [-0.4, -0.2) is 34.2 Å². The number of halogens is 1. The van der Waals surface area contributed by atoms with Crippen molar-refractivity contribution in [2.24, 2.45) is 0 Å². The minimum atomic E-state index is 0.273. The Morgan fingerprint density at radius 3 is 2.86 bits per heavy atom. The number of fused-ring (bicyclic) bond motifs is 1. The number of hydrogen-bond acceptors (Lipinski definition) is 3. The molecule has 0 aliphatic heterocycles. The molecular weight excluding hydrogens is 284 g/mol. The molecule has 1 aromatic heterocycles. The molecule has 1 aliphatic carbocycles. The molecular formula is C17H21ClN2O. The van der Waals surface area contributed by atoms with E-state index in [0.717, 1.165) is 47.4 Å². The number of aliphatic hydroxyl groups is 1. The normalized spacial score (nSPS) is 15.0. The molecule has 3 rings (SSSR count). The molecule has 2 aromatic rings. The number of rotatable bonds is 7. The van der Waals surface area contributed by atoms with Crippen LogP contribution < -0.4 is 0 Å². The Labute approximate surface area is 130 Å². The van der Waals surface area contributed by atoms with E-state index in [2.05, 4.69) is 16.0 Å².